The van der Waals surface area contributed by atoms with E-state index in [4.69, 9.17) is 0 Å². The van der Waals surface area contributed by atoms with Crippen molar-refractivity contribution < 1.29 is 0 Å². The van der Waals surface area contributed by atoms with Gasteiger partial charge in [-0.3, -0.25) is 0 Å². The van der Waals surface area contributed by atoms with Gasteiger partial charge in [-0.2, -0.15) is 0 Å². The van der Waals surface area contributed by atoms with Gasteiger partial charge in [-0.15, -0.1) is 0 Å². The van der Waals surface area contributed by atoms with Crippen LogP contribution in [0.1, 0.15) is 5.56 Å². The Bertz CT molecular complexity index is 974. The molecular formula is C21H24SiSn. The average molecular weight is 423 g/mol. The molecule has 0 saturated carbocycles. The zero-order valence-electron chi connectivity index (χ0n) is 14.7. The first kappa shape index (κ1) is 15.5. The fourth-order valence-electron chi connectivity index (χ4n) is 4.31. The molecule has 116 valence electrons. The predicted octanol–water partition coefficient (Wildman–Crippen LogP) is 5.72. The molecule has 2 heteroatoms. The Morgan fingerprint density at radius 1 is 0.739 bits per heavy atom. The molecule has 0 fully saturated rings. The standard InChI is InChI=1S/C19H18Si.2CH3.Sn/c1-20(2,3)11-10-15-8-9-18-13-16-6-4-5-7-17(16)14-19(18)12-15;;;/h4-7,9-10,12-14H,1-3H3;2*1H3;. The van der Waals surface area contributed by atoms with E-state index in [0.717, 1.165) is 0 Å². The van der Waals surface area contributed by atoms with E-state index in [1.165, 1.54) is 27.1 Å². The van der Waals surface area contributed by atoms with Gasteiger partial charge in [-0.25, -0.2) is 0 Å². The van der Waals surface area contributed by atoms with Gasteiger partial charge in [0, 0.05) is 0 Å². The van der Waals surface area contributed by atoms with Crippen LogP contribution in [0.3, 0.4) is 0 Å². The molecule has 0 saturated heterocycles. The Balaban J connectivity index is 2.01. The van der Waals surface area contributed by atoms with Gasteiger partial charge in [0.05, 0.1) is 0 Å². The van der Waals surface area contributed by atoms with Crippen molar-refractivity contribution in [1.82, 2.24) is 0 Å². The van der Waals surface area contributed by atoms with Crippen molar-refractivity contribution in [2.45, 2.75) is 29.5 Å². The predicted molar refractivity (Wildman–Crippen MR) is 110 cm³/mol. The maximum atomic E-state index is 2.61. The fourth-order valence-corrected chi connectivity index (χ4v) is 30.0. The third-order valence-corrected chi connectivity index (χ3v) is 27.0. The van der Waals surface area contributed by atoms with Gasteiger partial charge in [-0.05, 0) is 0 Å². The second-order valence-electron chi connectivity index (χ2n) is 8.42. The van der Waals surface area contributed by atoms with E-state index in [2.05, 4.69) is 84.1 Å². The molecule has 0 unspecified atom stereocenters. The minimum atomic E-state index is -2.33. The monoisotopic (exact) mass is 424 g/mol. The van der Waals surface area contributed by atoms with Crippen LogP contribution in [0.2, 0.25) is 29.5 Å². The SMILES string of the molecule is C[Si](C)(C)[C]1=Cc2cc3cc4ccccc4cc3c[c]2[Sn]1([CH3])[CH3]. The van der Waals surface area contributed by atoms with E-state index in [9.17, 15) is 0 Å². The molecule has 0 bridgehead atoms. The van der Waals surface area contributed by atoms with Crippen LogP contribution in [0.5, 0.6) is 0 Å². The molecule has 0 radical (unpaired) electrons. The molecule has 23 heavy (non-hydrogen) atoms. The maximum absolute atomic E-state index is 2.61. The summed E-state index contributed by atoms with van der Waals surface area (Å²) in [5, 5.41) is 5.49. The zero-order valence-corrected chi connectivity index (χ0v) is 18.6. The Morgan fingerprint density at radius 3 is 1.87 bits per heavy atom. The molecule has 0 N–H and O–H groups in total. The van der Waals surface area contributed by atoms with Crippen molar-refractivity contribution in [2.75, 3.05) is 0 Å². The Labute approximate surface area is 144 Å². The third kappa shape index (κ3) is 2.40. The Morgan fingerprint density at radius 2 is 1.30 bits per heavy atom. The molecule has 0 aliphatic carbocycles. The van der Waals surface area contributed by atoms with Crippen molar-refractivity contribution in [2.24, 2.45) is 0 Å². The summed E-state index contributed by atoms with van der Waals surface area (Å²) in [5.41, 5.74) is 1.52. The van der Waals surface area contributed by atoms with Crippen molar-refractivity contribution in [1.29, 1.82) is 0 Å². The molecule has 0 amide bonds. The van der Waals surface area contributed by atoms with Gasteiger partial charge in [-0.1, -0.05) is 0 Å². The van der Waals surface area contributed by atoms with Crippen LogP contribution in [0.15, 0.2) is 51.7 Å². The zero-order chi connectivity index (χ0) is 16.4. The van der Waals surface area contributed by atoms with Gasteiger partial charge in [0.2, 0.25) is 0 Å². The molecule has 3 aromatic rings. The van der Waals surface area contributed by atoms with Gasteiger partial charge in [0.1, 0.15) is 0 Å². The summed E-state index contributed by atoms with van der Waals surface area (Å²) < 4.78 is 3.58. The fraction of sp³-hybridized carbons (Fsp3) is 0.238. The van der Waals surface area contributed by atoms with Gasteiger partial charge < -0.3 is 0 Å². The van der Waals surface area contributed by atoms with E-state index < -0.39 is 26.5 Å². The van der Waals surface area contributed by atoms with E-state index >= 15 is 0 Å². The minimum absolute atomic E-state index is 1.23. The van der Waals surface area contributed by atoms with Gasteiger partial charge >= 0.3 is 144 Å². The molecule has 1 heterocycles. The molecule has 1 aliphatic heterocycles. The van der Waals surface area contributed by atoms with Crippen molar-refractivity contribution in [3.63, 3.8) is 0 Å². The first-order valence-corrected chi connectivity index (χ1v) is 20.5. The van der Waals surface area contributed by atoms with Crippen LogP contribution in [-0.2, 0) is 0 Å². The van der Waals surface area contributed by atoms with Gasteiger partial charge in [0.15, 0.2) is 0 Å². The Hall–Kier alpha value is -1.06. The number of fused-ring (bicyclic) bond motifs is 3. The average Bonchev–Trinajstić information content (AvgIpc) is 2.74. The molecule has 0 atom stereocenters. The molecule has 0 nitrogen and oxygen atoms in total. The van der Waals surface area contributed by atoms with E-state index in [1.807, 2.05) is 3.21 Å². The molecule has 3 aromatic carbocycles. The normalized spacial score (nSPS) is 16.7. The molecule has 4 rings (SSSR count). The van der Waals surface area contributed by atoms with E-state index in [1.54, 1.807) is 3.58 Å². The van der Waals surface area contributed by atoms with Crippen LogP contribution >= 0.6 is 0 Å². The van der Waals surface area contributed by atoms with Crippen molar-refractivity contribution in [3.8, 4) is 0 Å². The number of benzene rings is 3. The summed E-state index contributed by atoms with van der Waals surface area (Å²) in [5.74, 6) is 0. The summed E-state index contributed by atoms with van der Waals surface area (Å²) >= 11 is -2.33. The number of rotatable bonds is 1. The van der Waals surface area contributed by atoms with E-state index in [0.29, 0.717) is 0 Å². The number of hydrogen-bond donors (Lipinski definition) is 0. The third-order valence-electron chi connectivity index (χ3n) is 5.33. The first-order valence-electron chi connectivity index (χ1n) is 8.46. The van der Waals surface area contributed by atoms with Gasteiger partial charge in [0.25, 0.3) is 0 Å². The number of hydrogen-bond acceptors (Lipinski definition) is 0. The summed E-state index contributed by atoms with van der Waals surface area (Å²) in [6.07, 6.45) is 2.58. The molecule has 0 spiro atoms. The second kappa shape index (κ2) is 4.97. The summed E-state index contributed by atoms with van der Waals surface area (Å²) in [7, 11) is -1.23. The summed E-state index contributed by atoms with van der Waals surface area (Å²) in [6, 6.07) is 18.4. The van der Waals surface area contributed by atoms with Crippen molar-refractivity contribution >= 4 is 57.7 Å². The van der Waals surface area contributed by atoms with Crippen LogP contribution in [-0.4, -0.2) is 26.5 Å². The molecule has 0 aromatic heterocycles. The van der Waals surface area contributed by atoms with Crippen LogP contribution < -0.4 is 3.58 Å². The van der Waals surface area contributed by atoms with E-state index in [-0.39, 0.29) is 0 Å². The van der Waals surface area contributed by atoms with Crippen LogP contribution in [0.25, 0.3) is 27.6 Å². The topological polar surface area (TPSA) is 0 Å². The second-order valence-corrected chi connectivity index (χ2v) is 27.2. The van der Waals surface area contributed by atoms with Crippen molar-refractivity contribution in [3.05, 3.63) is 57.3 Å². The summed E-state index contributed by atoms with van der Waals surface area (Å²) in [4.78, 5) is 5.22. The summed E-state index contributed by atoms with van der Waals surface area (Å²) in [6.45, 7) is 7.53. The Kier molecular flexibility index (Phi) is 3.34. The first-order chi connectivity index (χ1) is 10.8. The molecular weight excluding hydrogens is 399 g/mol. The van der Waals surface area contributed by atoms with Crippen LogP contribution in [0.4, 0.5) is 0 Å². The molecule has 1 aliphatic rings. The van der Waals surface area contributed by atoms with Crippen LogP contribution in [0, 0.1) is 0 Å². The quantitative estimate of drug-likeness (QED) is 0.347.